The third-order valence-corrected chi connectivity index (χ3v) is 5.42. The van der Waals surface area contributed by atoms with Crippen molar-refractivity contribution in [3.8, 4) is 5.75 Å². The van der Waals surface area contributed by atoms with E-state index >= 15 is 0 Å². The first-order chi connectivity index (χ1) is 12.3. The minimum absolute atomic E-state index is 0.393. The van der Waals surface area contributed by atoms with Crippen LogP contribution in [0, 0.1) is 3.57 Å². The fourth-order valence-corrected chi connectivity index (χ4v) is 3.73. The minimum atomic E-state index is -2.66. The van der Waals surface area contributed by atoms with Gasteiger partial charge in [0, 0.05) is 21.6 Å². The molecule has 0 saturated heterocycles. The van der Waals surface area contributed by atoms with Crippen LogP contribution in [0.4, 0.5) is 10.1 Å². The number of rotatable bonds is 8. The molecule has 140 valence electrons. The standard InChI is InChI=1S/C18H17Cl2FINO2S/c1-2-3-11-25-14-8-6-7-13(12-14)23(26-18(19,20)21)17(24)15-9-4-5-10-16(15)22/h4-10,12H,2-3,11H2,1H3. The summed E-state index contributed by atoms with van der Waals surface area (Å²) < 4.78 is 18.8. The van der Waals surface area contributed by atoms with Crippen LogP contribution >= 0.6 is 57.7 Å². The number of carbonyl (C=O) groups is 1. The molecule has 0 aromatic heterocycles. The third kappa shape index (κ3) is 6.48. The first-order valence-electron chi connectivity index (χ1n) is 7.89. The first kappa shape index (κ1) is 21.6. The Bertz CT molecular complexity index is 758. The third-order valence-electron chi connectivity index (χ3n) is 3.30. The number of amides is 1. The number of carbonyl (C=O) groups excluding carboxylic acids is 1. The Hall–Kier alpha value is -0.700. The maximum atomic E-state index is 13.9. The molecule has 0 heterocycles. The Kier molecular flexibility index (Phi) is 8.32. The van der Waals surface area contributed by atoms with Crippen molar-refractivity contribution in [3.05, 3.63) is 57.7 Å². The van der Waals surface area contributed by atoms with Crippen molar-refractivity contribution < 1.29 is 13.9 Å². The number of benzene rings is 2. The molecule has 0 bridgehead atoms. The Labute approximate surface area is 180 Å². The van der Waals surface area contributed by atoms with E-state index in [1.165, 1.54) is 0 Å². The zero-order valence-corrected chi connectivity index (χ0v) is 18.4. The van der Waals surface area contributed by atoms with Crippen LogP contribution in [0.15, 0.2) is 48.5 Å². The quantitative estimate of drug-likeness (QED) is 0.163. The van der Waals surface area contributed by atoms with Crippen LogP contribution in [0.3, 0.4) is 0 Å². The molecule has 3 nitrogen and oxygen atoms in total. The Morgan fingerprint density at radius 2 is 2.00 bits per heavy atom. The molecule has 2 aromatic carbocycles. The maximum absolute atomic E-state index is 13.9. The topological polar surface area (TPSA) is 29.5 Å². The second-order valence-corrected chi connectivity index (χ2v) is 9.27. The number of alkyl halides is 3. The average Bonchev–Trinajstić information content (AvgIpc) is 2.59. The number of unbranched alkanes of at least 4 members (excludes halogenated alkanes) is 1. The first-order valence-corrected chi connectivity index (χ1v) is 10.5. The van der Waals surface area contributed by atoms with Gasteiger partial charge in [-0.25, -0.2) is 4.31 Å². The lowest BCUT2D eigenvalue weighted by molar-refractivity contribution is 0.101. The predicted molar refractivity (Wildman–Crippen MR) is 116 cm³/mol. The molecule has 0 saturated carbocycles. The largest absolute Gasteiger partial charge is 0.494 e. The van der Waals surface area contributed by atoms with Gasteiger partial charge in [-0.2, -0.15) is 4.39 Å². The van der Waals surface area contributed by atoms with Crippen LogP contribution in [0.1, 0.15) is 30.1 Å². The van der Waals surface area contributed by atoms with Crippen molar-refractivity contribution in [1.82, 2.24) is 0 Å². The number of halogens is 4. The molecule has 2 rings (SSSR count). The van der Waals surface area contributed by atoms with E-state index in [2.05, 4.69) is 29.5 Å². The second-order valence-electron chi connectivity index (χ2n) is 5.32. The van der Waals surface area contributed by atoms with Gasteiger partial charge >= 0.3 is 3.92 Å². The van der Waals surface area contributed by atoms with E-state index in [1.54, 1.807) is 42.5 Å². The van der Waals surface area contributed by atoms with E-state index in [0.717, 1.165) is 20.7 Å². The molecule has 0 aliphatic heterocycles. The van der Waals surface area contributed by atoms with E-state index < -0.39 is 9.83 Å². The van der Waals surface area contributed by atoms with E-state index in [4.69, 9.17) is 27.9 Å². The van der Waals surface area contributed by atoms with Gasteiger partial charge in [0.1, 0.15) is 5.75 Å². The van der Waals surface area contributed by atoms with Gasteiger partial charge in [0.25, 0.3) is 5.91 Å². The summed E-state index contributed by atoms with van der Waals surface area (Å²) in [5, 5.41) is 0. The molecule has 2 aromatic rings. The number of hydrogen-bond donors (Lipinski definition) is 0. The fourth-order valence-electron chi connectivity index (χ4n) is 2.09. The molecule has 0 atom stereocenters. The van der Waals surface area contributed by atoms with Crippen LogP contribution in [-0.2, 0) is 0 Å². The summed E-state index contributed by atoms with van der Waals surface area (Å²) >= 11 is 13.5. The van der Waals surface area contributed by atoms with Crippen LogP contribution in [0.2, 0.25) is 0 Å². The summed E-state index contributed by atoms with van der Waals surface area (Å²) in [6.45, 7) is 2.63. The number of nitrogens with zero attached hydrogens (tertiary/aromatic N) is 1. The molecule has 0 N–H and O–H groups in total. The lowest BCUT2D eigenvalue weighted by Crippen LogP contribution is -2.28. The van der Waals surface area contributed by atoms with E-state index in [9.17, 15) is 9.18 Å². The number of ether oxygens (including phenoxy) is 1. The monoisotopic (exact) mass is 527 g/mol. The molecule has 0 radical (unpaired) electrons. The SMILES string of the molecule is CCCCOc1cccc(N(SC(F)(Cl)Cl)C(=O)c2ccccc2I)c1. The maximum Gasteiger partial charge on any atom is 0.324 e. The molecular formula is C18H17Cl2FINO2S. The lowest BCUT2D eigenvalue weighted by atomic mass is 10.2. The molecule has 8 heteroatoms. The summed E-state index contributed by atoms with van der Waals surface area (Å²) in [6, 6.07) is 13.9. The van der Waals surface area contributed by atoms with Gasteiger partial charge in [-0.1, -0.05) is 54.7 Å². The molecule has 1 amide bonds. The van der Waals surface area contributed by atoms with Gasteiger partial charge in [0.15, 0.2) is 0 Å². The molecule has 0 aliphatic rings. The molecule has 0 spiro atoms. The lowest BCUT2D eigenvalue weighted by Gasteiger charge is -2.24. The van der Waals surface area contributed by atoms with Gasteiger partial charge < -0.3 is 4.74 Å². The zero-order chi connectivity index (χ0) is 19.2. The molecule has 0 unspecified atom stereocenters. The minimum Gasteiger partial charge on any atom is -0.494 e. The Morgan fingerprint density at radius 3 is 2.65 bits per heavy atom. The van der Waals surface area contributed by atoms with E-state index in [0.29, 0.717) is 35.6 Å². The van der Waals surface area contributed by atoms with Crippen molar-refractivity contribution in [1.29, 1.82) is 0 Å². The molecular weight excluding hydrogens is 511 g/mol. The fraction of sp³-hybridized carbons (Fsp3) is 0.278. The van der Waals surface area contributed by atoms with Crippen LogP contribution < -0.4 is 9.04 Å². The van der Waals surface area contributed by atoms with Crippen LogP contribution in [0.5, 0.6) is 5.75 Å². The summed E-state index contributed by atoms with van der Waals surface area (Å²) in [6.07, 6.45) is 1.93. The predicted octanol–water partition coefficient (Wildman–Crippen LogP) is 6.82. The number of hydrogen-bond acceptors (Lipinski definition) is 3. The van der Waals surface area contributed by atoms with Gasteiger partial charge in [-0.3, -0.25) is 4.79 Å². The van der Waals surface area contributed by atoms with Crippen molar-refractivity contribution in [2.24, 2.45) is 0 Å². The molecule has 0 fully saturated rings. The average molecular weight is 528 g/mol. The van der Waals surface area contributed by atoms with Crippen molar-refractivity contribution in [3.63, 3.8) is 0 Å². The summed E-state index contributed by atoms with van der Waals surface area (Å²) in [5.41, 5.74) is 0.854. The Morgan fingerprint density at radius 1 is 1.27 bits per heavy atom. The van der Waals surface area contributed by atoms with Crippen molar-refractivity contribution in [2.45, 2.75) is 23.7 Å². The second kappa shape index (κ2) is 10.0. The van der Waals surface area contributed by atoms with Crippen LogP contribution in [0.25, 0.3) is 0 Å². The van der Waals surface area contributed by atoms with Gasteiger partial charge in [-0.15, -0.1) is 0 Å². The highest BCUT2D eigenvalue weighted by Crippen LogP contribution is 2.42. The van der Waals surface area contributed by atoms with Gasteiger partial charge in [0.05, 0.1) is 17.9 Å². The summed E-state index contributed by atoms with van der Waals surface area (Å²) in [5.74, 6) is 0.166. The normalized spacial score (nSPS) is 11.3. The Balaban J connectivity index is 2.34. The summed E-state index contributed by atoms with van der Waals surface area (Å²) in [7, 11) is 0. The molecule has 26 heavy (non-hydrogen) atoms. The number of anilines is 1. The highest BCUT2D eigenvalue weighted by molar-refractivity contribution is 14.1. The van der Waals surface area contributed by atoms with Gasteiger partial charge in [-0.05, 0) is 53.3 Å². The molecule has 0 aliphatic carbocycles. The van der Waals surface area contributed by atoms with E-state index in [1.807, 2.05) is 6.07 Å². The summed E-state index contributed by atoms with van der Waals surface area (Å²) in [4.78, 5) is 13.0. The van der Waals surface area contributed by atoms with Crippen molar-refractivity contribution in [2.75, 3.05) is 10.9 Å². The zero-order valence-electron chi connectivity index (χ0n) is 13.9. The van der Waals surface area contributed by atoms with Gasteiger partial charge in [0.2, 0.25) is 0 Å². The van der Waals surface area contributed by atoms with E-state index in [-0.39, 0.29) is 0 Å². The van der Waals surface area contributed by atoms with Crippen molar-refractivity contribution >= 4 is 69.3 Å². The highest BCUT2D eigenvalue weighted by atomic mass is 127. The van der Waals surface area contributed by atoms with Crippen LogP contribution in [-0.4, -0.2) is 16.4 Å². The highest BCUT2D eigenvalue weighted by Gasteiger charge is 2.33. The smallest absolute Gasteiger partial charge is 0.324 e.